The zero-order valence-corrected chi connectivity index (χ0v) is 13.8. The summed E-state index contributed by atoms with van der Waals surface area (Å²) in [6.07, 6.45) is 1.06. The van der Waals surface area contributed by atoms with E-state index in [1.54, 1.807) is 0 Å². The summed E-state index contributed by atoms with van der Waals surface area (Å²) < 4.78 is 6.98. The third-order valence-electron chi connectivity index (χ3n) is 3.73. The van der Waals surface area contributed by atoms with Gasteiger partial charge < -0.3 is 10.1 Å². The van der Waals surface area contributed by atoms with E-state index < -0.39 is 0 Å². The monoisotopic (exact) mass is 351 g/mol. The Kier molecular flexibility index (Phi) is 4.44. The predicted molar refractivity (Wildman–Crippen MR) is 87.7 cm³/mol. The molecule has 0 fully saturated rings. The molecule has 2 atom stereocenters. The number of para-hydroxylation sites is 1. The fourth-order valence-electron chi connectivity index (χ4n) is 2.87. The van der Waals surface area contributed by atoms with Crippen LogP contribution in [0.3, 0.4) is 0 Å². The Morgan fingerprint density at radius 1 is 1.35 bits per heavy atom. The summed E-state index contributed by atoms with van der Waals surface area (Å²) in [7, 11) is 0. The summed E-state index contributed by atoms with van der Waals surface area (Å²) in [5.74, 6) is 1.52. The predicted octanol–water partition coefficient (Wildman–Crippen LogP) is 4.73. The van der Waals surface area contributed by atoms with Gasteiger partial charge in [0.15, 0.2) is 0 Å². The maximum absolute atomic E-state index is 5.79. The number of fused-ring (bicyclic) bond motifs is 1. The maximum atomic E-state index is 5.79. The molecule has 0 radical (unpaired) electrons. The van der Waals surface area contributed by atoms with E-state index in [-0.39, 0.29) is 0 Å². The molecule has 1 aliphatic rings. The molecule has 1 aromatic carbocycles. The first kappa shape index (κ1) is 14.1. The Labute approximate surface area is 132 Å². The van der Waals surface area contributed by atoms with Crippen LogP contribution < -0.4 is 10.1 Å². The van der Waals surface area contributed by atoms with Gasteiger partial charge in [-0.25, -0.2) is 0 Å². The summed E-state index contributed by atoms with van der Waals surface area (Å²) >= 11 is 5.39. The fourth-order valence-corrected chi connectivity index (χ4v) is 4.44. The van der Waals surface area contributed by atoms with Crippen molar-refractivity contribution >= 4 is 27.3 Å². The highest BCUT2D eigenvalue weighted by molar-refractivity contribution is 9.11. The molecule has 2 heterocycles. The SMILES string of the molecule is CCNC(c1ccc(Br)s1)C1CCOc2ccccc21. The average molecular weight is 352 g/mol. The van der Waals surface area contributed by atoms with Gasteiger partial charge in [-0.05, 0) is 52.7 Å². The second-order valence-corrected chi connectivity index (χ2v) is 7.45. The fraction of sp³-hybridized carbons (Fsp3) is 0.375. The normalized spacial score (nSPS) is 19.2. The van der Waals surface area contributed by atoms with E-state index >= 15 is 0 Å². The number of hydrogen-bond acceptors (Lipinski definition) is 3. The summed E-state index contributed by atoms with van der Waals surface area (Å²) in [6.45, 7) is 3.94. The molecule has 2 nitrogen and oxygen atoms in total. The van der Waals surface area contributed by atoms with E-state index in [0.29, 0.717) is 12.0 Å². The molecule has 2 aromatic rings. The van der Waals surface area contributed by atoms with Crippen LogP contribution in [0.2, 0.25) is 0 Å². The van der Waals surface area contributed by atoms with Crippen molar-refractivity contribution in [1.29, 1.82) is 0 Å². The number of thiophene rings is 1. The first-order valence-corrected chi connectivity index (χ1v) is 8.61. The highest BCUT2D eigenvalue weighted by Crippen LogP contribution is 2.43. The molecule has 2 unspecified atom stereocenters. The van der Waals surface area contributed by atoms with Gasteiger partial charge in [0.1, 0.15) is 5.75 Å². The van der Waals surface area contributed by atoms with E-state index in [0.717, 1.165) is 25.3 Å². The Balaban J connectivity index is 1.96. The lowest BCUT2D eigenvalue weighted by atomic mass is 9.86. The first-order valence-electron chi connectivity index (χ1n) is 7.00. The molecular formula is C16H18BrNOS. The third-order valence-corrected chi connectivity index (χ3v) is 5.44. The Morgan fingerprint density at radius 2 is 2.20 bits per heavy atom. The zero-order chi connectivity index (χ0) is 13.9. The molecule has 1 aliphatic heterocycles. The van der Waals surface area contributed by atoms with Crippen LogP contribution in [0.1, 0.15) is 35.7 Å². The molecule has 0 bridgehead atoms. The van der Waals surface area contributed by atoms with Gasteiger partial charge in [-0.3, -0.25) is 0 Å². The molecule has 0 saturated carbocycles. The zero-order valence-electron chi connectivity index (χ0n) is 11.4. The summed E-state index contributed by atoms with van der Waals surface area (Å²) in [4.78, 5) is 1.39. The molecule has 4 heteroatoms. The van der Waals surface area contributed by atoms with Gasteiger partial charge in [-0.2, -0.15) is 0 Å². The van der Waals surface area contributed by atoms with Crippen molar-refractivity contribution in [3.63, 3.8) is 0 Å². The van der Waals surface area contributed by atoms with Crippen LogP contribution in [0.25, 0.3) is 0 Å². The first-order chi connectivity index (χ1) is 9.79. The summed E-state index contributed by atoms with van der Waals surface area (Å²) in [6, 6.07) is 13.1. The maximum Gasteiger partial charge on any atom is 0.122 e. The minimum atomic E-state index is 0.362. The van der Waals surface area contributed by atoms with Crippen LogP contribution >= 0.6 is 27.3 Å². The number of benzene rings is 1. The van der Waals surface area contributed by atoms with Crippen LogP contribution in [-0.2, 0) is 0 Å². The molecule has 1 N–H and O–H groups in total. The average Bonchev–Trinajstić information content (AvgIpc) is 2.91. The highest BCUT2D eigenvalue weighted by Gasteiger charge is 2.30. The van der Waals surface area contributed by atoms with E-state index in [4.69, 9.17) is 4.74 Å². The van der Waals surface area contributed by atoms with Crippen molar-refractivity contribution < 1.29 is 4.74 Å². The van der Waals surface area contributed by atoms with Crippen molar-refractivity contribution in [3.05, 3.63) is 50.6 Å². The van der Waals surface area contributed by atoms with Crippen molar-refractivity contribution in [2.24, 2.45) is 0 Å². The molecule has 0 amide bonds. The molecule has 20 heavy (non-hydrogen) atoms. The lowest BCUT2D eigenvalue weighted by Crippen LogP contribution is -2.29. The van der Waals surface area contributed by atoms with Crippen molar-refractivity contribution in [2.45, 2.75) is 25.3 Å². The van der Waals surface area contributed by atoms with E-state index in [2.05, 4.69) is 58.5 Å². The molecular weight excluding hydrogens is 334 g/mol. The van der Waals surface area contributed by atoms with Crippen molar-refractivity contribution in [2.75, 3.05) is 13.2 Å². The van der Waals surface area contributed by atoms with Crippen LogP contribution in [0.15, 0.2) is 40.2 Å². The molecule has 3 rings (SSSR count). The summed E-state index contributed by atoms with van der Waals surface area (Å²) in [5.41, 5.74) is 1.33. The summed E-state index contributed by atoms with van der Waals surface area (Å²) in [5, 5.41) is 3.66. The van der Waals surface area contributed by atoms with Crippen LogP contribution in [0, 0.1) is 0 Å². The van der Waals surface area contributed by atoms with E-state index in [1.807, 2.05) is 17.4 Å². The molecule has 1 aromatic heterocycles. The lowest BCUT2D eigenvalue weighted by molar-refractivity contribution is 0.247. The number of halogens is 1. The third kappa shape index (κ3) is 2.78. The Bertz CT molecular complexity index is 583. The number of hydrogen-bond donors (Lipinski definition) is 1. The number of rotatable bonds is 4. The number of ether oxygens (including phenoxy) is 1. The molecule has 0 saturated heterocycles. The molecule has 106 valence electrons. The van der Waals surface area contributed by atoms with Gasteiger partial charge >= 0.3 is 0 Å². The lowest BCUT2D eigenvalue weighted by Gasteiger charge is -2.32. The van der Waals surface area contributed by atoms with Gasteiger partial charge in [0.2, 0.25) is 0 Å². The largest absolute Gasteiger partial charge is 0.493 e. The van der Waals surface area contributed by atoms with Crippen LogP contribution in [-0.4, -0.2) is 13.2 Å². The minimum Gasteiger partial charge on any atom is -0.493 e. The Morgan fingerprint density at radius 3 is 2.95 bits per heavy atom. The minimum absolute atomic E-state index is 0.362. The van der Waals surface area contributed by atoms with Gasteiger partial charge in [0, 0.05) is 16.8 Å². The van der Waals surface area contributed by atoms with E-state index in [1.165, 1.54) is 14.2 Å². The van der Waals surface area contributed by atoms with Crippen molar-refractivity contribution in [1.82, 2.24) is 5.32 Å². The molecule has 0 aliphatic carbocycles. The second kappa shape index (κ2) is 6.29. The number of nitrogens with one attached hydrogen (secondary N) is 1. The standard InChI is InChI=1S/C16H18BrNOS/c1-2-18-16(14-7-8-15(17)20-14)12-9-10-19-13-6-4-3-5-11(12)13/h3-8,12,16,18H,2,9-10H2,1H3. The van der Waals surface area contributed by atoms with Crippen LogP contribution in [0.4, 0.5) is 0 Å². The quantitative estimate of drug-likeness (QED) is 0.859. The molecule has 0 spiro atoms. The van der Waals surface area contributed by atoms with Gasteiger partial charge in [0.25, 0.3) is 0 Å². The topological polar surface area (TPSA) is 21.3 Å². The smallest absolute Gasteiger partial charge is 0.122 e. The Hall–Kier alpha value is -0.840. The number of likely N-dealkylation sites (N-methyl/N-ethyl adjacent to an activating group) is 1. The van der Waals surface area contributed by atoms with Crippen LogP contribution in [0.5, 0.6) is 5.75 Å². The second-order valence-electron chi connectivity index (χ2n) is 4.96. The van der Waals surface area contributed by atoms with Crippen molar-refractivity contribution in [3.8, 4) is 5.75 Å². The van der Waals surface area contributed by atoms with E-state index in [9.17, 15) is 0 Å². The van der Waals surface area contributed by atoms with Gasteiger partial charge in [-0.15, -0.1) is 11.3 Å². The van der Waals surface area contributed by atoms with Gasteiger partial charge in [0.05, 0.1) is 10.4 Å². The van der Waals surface area contributed by atoms with Gasteiger partial charge in [-0.1, -0.05) is 25.1 Å². The highest BCUT2D eigenvalue weighted by atomic mass is 79.9.